The van der Waals surface area contributed by atoms with Crippen molar-refractivity contribution in [3.05, 3.63) is 56.4 Å². The van der Waals surface area contributed by atoms with E-state index in [0.29, 0.717) is 0 Å². The van der Waals surface area contributed by atoms with Crippen LogP contribution in [0, 0.1) is 10.1 Å². The standard InChI is InChI=1S/C11H6Cl2N4O3/c12-7-2-1-3-8(15-7)16-11(18)6-4-5-14-10(13)9(6)17(19)20/h1-5H,(H,15,16,18). The van der Waals surface area contributed by atoms with Gasteiger partial charge in [0.15, 0.2) is 0 Å². The second kappa shape index (κ2) is 5.81. The van der Waals surface area contributed by atoms with E-state index in [0.717, 1.165) is 0 Å². The Morgan fingerprint density at radius 1 is 1.30 bits per heavy atom. The molecule has 0 saturated carbocycles. The number of pyridine rings is 2. The summed E-state index contributed by atoms with van der Waals surface area (Å²) in [5.74, 6) is -0.555. The molecule has 2 aromatic heterocycles. The second-order valence-electron chi connectivity index (χ2n) is 3.55. The normalized spacial score (nSPS) is 10.1. The SMILES string of the molecule is O=C(Nc1cccc(Cl)n1)c1ccnc(Cl)c1[N+](=O)[O-]. The summed E-state index contributed by atoms with van der Waals surface area (Å²) in [4.78, 5) is 29.6. The second-order valence-corrected chi connectivity index (χ2v) is 4.30. The molecule has 0 aromatic carbocycles. The Balaban J connectivity index is 2.35. The number of amides is 1. The van der Waals surface area contributed by atoms with Crippen molar-refractivity contribution in [2.24, 2.45) is 0 Å². The van der Waals surface area contributed by atoms with Crippen LogP contribution in [-0.2, 0) is 0 Å². The summed E-state index contributed by atoms with van der Waals surface area (Å²) >= 11 is 11.3. The Morgan fingerprint density at radius 3 is 2.70 bits per heavy atom. The lowest BCUT2D eigenvalue weighted by atomic mass is 10.2. The molecule has 20 heavy (non-hydrogen) atoms. The summed E-state index contributed by atoms with van der Waals surface area (Å²) in [5.41, 5.74) is -0.773. The topological polar surface area (TPSA) is 98.0 Å². The van der Waals surface area contributed by atoms with Gasteiger partial charge in [-0.2, -0.15) is 0 Å². The van der Waals surface area contributed by atoms with Crippen LogP contribution in [0.5, 0.6) is 0 Å². The predicted octanol–water partition coefficient (Wildman–Crippen LogP) is 2.94. The van der Waals surface area contributed by atoms with Gasteiger partial charge in [-0.25, -0.2) is 9.97 Å². The van der Waals surface area contributed by atoms with E-state index in [4.69, 9.17) is 23.2 Å². The number of halogens is 2. The Bertz CT molecular complexity index is 693. The molecule has 2 aromatic rings. The number of anilines is 1. The van der Waals surface area contributed by atoms with Gasteiger partial charge in [0.05, 0.1) is 4.92 Å². The lowest BCUT2D eigenvalue weighted by Gasteiger charge is -2.05. The first-order valence-corrected chi connectivity index (χ1v) is 5.97. The van der Waals surface area contributed by atoms with Crippen LogP contribution in [0.15, 0.2) is 30.5 Å². The van der Waals surface area contributed by atoms with E-state index in [-0.39, 0.29) is 21.7 Å². The van der Waals surface area contributed by atoms with Gasteiger partial charge in [0.1, 0.15) is 16.5 Å². The summed E-state index contributed by atoms with van der Waals surface area (Å²) in [6.07, 6.45) is 1.20. The highest BCUT2D eigenvalue weighted by atomic mass is 35.5. The van der Waals surface area contributed by atoms with E-state index in [1.165, 1.54) is 24.4 Å². The first-order valence-electron chi connectivity index (χ1n) is 5.22. The number of carbonyl (C=O) groups excluding carboxylic acids is 1. The highest BCUT2D eigenvalue weighted by Gasteiger charge is 2.25. The first kappa shape index (κ1) is 14.2. The smallest absolute Gasteiger partial charge is 0.306 e. The van der Waals surface area contributed by atoms with Crippen LogP contribution in [0.3, 0.4) is 0 Å². The van der Waals surface area contributed by atoms with E-state index >= 15 is 0 Å². The van der Waals surface area contributed by atoms with Gasteiger partial charge in [-0.3, -0.25) is 14.9 Å². The lowest BCUT2D eigenvalue weighted by Crippen LogP contribution is -2.15. The molecule has 102 valence electrons. The number of rotatable bonds is 3. The molecule has 0 atom stereocenters. The molecule has 0 spiro atoms. The van der Waals surface area contributed by atoms with Crippen LogP contribution in [0.2, 0.25) is 10.3 Å². The molecular formula is C11H6Cl2N4O3. The minimum atomic E-state index is -0.768. The van der Waals surface area contributed by atoms with Crippen molar-refractivity contribution < 1.29 is 9.72 Å². The summed E-state index contributed by atoms with van der Waals surface area (Å²) < 4.78 is 0. The molecular weight excluding hydrogens is 307 g/mol. The zero-order chi connectivity index (χ0) is 14.7. The molecule has 7 nitrogen and oxygen atoms in total. The summed E-state index contributed by atoms with van der Waals surface area (Å²) in [5, 5.41) is 13.1. The van der Waals surface area contributed by atoms with E-state index in [1.54, 1.807) is 6.07 Å². The molecule has 0 unspecified atom stereocenters. The van der Waals surface area contributed by atoms with Crippen molar-refractivity contribution >= 4 is 40.6 Å². The van der Waals surface area contributed by atoms with Gasteiger partial charge in [-0.1, -0.05) is 29.3 Å². The van der Waals surface area contributed by atoms with E-state index in [2.05, 4.69) is 15.3 Å². The minimum absolute atomic E-state index is 0.171. The third-order valence-corrected chi connectivity index (χ3v) is 2.75. The van der Waals surface area contributed by atoms with E-state index in [9.17, 15) is 14.9 Å². The Hall–Kier alpha value is -2.25. The highest BCUT2D eigenvalue weighted by molar-refractivity contribution is 6.32. The van der Waals surface area contributed by atoms with Crippen LogP contribution in [0.4, 0.5) is 11.5 Å². The monoisotopic (exact) mass is 312 g/mol. The van der Waals surface area contributed by atoms with Gasteiger partial charge in [0, 0.05) is 6.20 Å². The molecule has 1 N–H and O–H groups in total. The van der Waals surface area contributed by atoms with E-state index in [1.807, 2.05) is 0 Å². The molecule has 0 fully saturated rings. The van der Waals surface area contributed by atoms with Gasteiger partial charge in [0.25, 0.3) is 5.91 Å². The summed E-state index contributed by atoms with van der Waals surface area (Å²) in [6.45, 7) is 0. The van der Waals surface area contributed by atoms with Crippen molar-refractivity contribution in [2.45, 2.75) is 0 Å². The largest absolute Gasteiger partial charge is 0.319 e. The fraction of sp³-hybridized carbons (Fsp3) is 0. The van der Waals surface area contributed by atoms with Gasteiger partial charge in [0.2, 0.25) is 5.15 Å². The summed E-state index contributed by atoms with van der Waals surface area (Å²) in [7, 11) is 0. The average molecular weight is 313 g/mol. The maximum atomic E-state index is 12.0. The Kier molecular flexibility index (Phi) is 4.11. The molecule has 1 amide bonds. The molecule has 9 heteroatoms. The molecule has 0 saturated heterocycles. The van der Waals surface area contributed by atoms with Gasteiger partial charge in [-0.15, -0.1) is 0 Å². The zero-order valence-electron chi connectivity index (χ0n) is 9.71. The van der Waals surface area contributed by atoms with Crippen LogP contribution >= 0.6 is 23.2 Å². The van der Waals surface area contributed by atoms with Crippen molar-refractivity contribution in [1.82, 2.24) is 9.97 Å². The van der Waals surface area contributed by atoms with Crippen molar-refractivity contribution in [3.63, 3.8) is 0 Å². The maximum Gasteiger partial charge on any atom is 0.319 e. The number of nitrogens with one attached hydrogen (secondary N) is 1. The fourth-order valence-corrected chi connectivity index (χ4v) is 1.84. The number of aromatic nitrogens is 2. The number of carbonyl (C=O) groups is 1. The van der Waals surface area contributed by atoms with Gasteiger partial charge >= 0.3 is 5.69 Å². The third kappa shape index (κ3) is 3.01. The number of hydrogen-bond donors (Lipinski definition) is 1. The molecule has 0 bridgehead atoms. The zero-order valence-corrected chi connectivity index (χ0v) is 11.2. The maximum absolute atomic E-state index is 12.0. The van der Waals surface area contributed by atoms with Crippen LogP contribution in [0.1, 0.15) is 10.4 Å². The quantitative estimate of drug-likeness (QED) is 0.533. The molecule has 0 aliphatic rings. The van der Waals surface area contributed by atoms with Crippen LogP contribution in [0.25, 0.3) is 0 Å². The molecule has 0 aliphatic heterocycles. The predicted molar refractivity (Wildman–Crippen MR) is 73.1 cm³/mol. The third-order valence-electron chi connectivity index (χ3n) is 2.26. The fourth-order valence-electron chi connectivity index (χ4n) is 1.45. The minimum Gasteiger partial charge on any atom is -0.306 e. The Morgan fingerprint density at radius 2 is 2.05 bits per heavy atom. The van der Waals surface area contributed by atoms with Gasteiger partial charge < -0.3 is 5.32 Å². The average Bonchev–Trinajstić information content (AvgIpc) is 2.37. The van der Waals surface area contributed by atoms with Crippen molar-refractivity contribution in [3.8, 4) is 0 Å². The highest BCUT2D eigenvalue weighted by Crippen LogP contribution is 2.26. The summed E-state index contributed by atoms with van der Waals surface area (Å²) in [6, 6.07) is 5.81. The van der Waals surface area contributed by atoms with Crippen molar-refractivity contribution in [2.75, 3.05) is 5.32 Å². The molecule has 0 aliphatic carbocycles. The molecule has 2 heterocycles. The van der Waals surface area contributed by atoms with E-state index < -0.39 is 16.5 Å². The number of hydrogen-bond acceptors (Lipinski definition) is 5. The molecule has 0 radical (unpaired) electrons. The first-order chi connectivity index (χ1) is 9.49. The molecule has 2 rings (SSSR count). The number of nitro groups is 1. The number of nitrogens with zero attached hydrogens (tertiary/aromatic N) is 3. The van der Waals surface area contributed by atoms with Crippen molar-refractivity contribution in [1.29, 1.82) is 0 Å². The van der Waals surface area contributed by atoms with Crippen LogP contribution in [-0.4, -0.2) is 20.8 Å². The lowest BCUT2D eigenvalue weighted by molar-refractivity contribution is -0.385. The van der Waals surface area contributed by atoms with Gasteiger partial charge in [-0.05, 0) is 18.2 Å². The Labute approximate surface area is 122 Å². The van der Waals surface area contributed by atoms with Crippen LogP contribution < -0.4 is 5.32 Å².